The van der Waals surface area contributed by atoms with Crippen LogP contribution in [0.1, 0.15) is 33.1 Å². The third-order valence-electron chi connectivity index (χ3n) is 2.37. The second-order valence-electron chi connectivity index (χ2n) is 3.82. The van der Waals surface area contributed by atoms with Crippen LogP contribution in [0.5, 0.6) is 0 Å². The molecule has 0 fully saturated rings. The van der Waals surface area contributed by atoms with Crippen molar-refractivity contribution in [2.45, 2.75) is 38.4 Å². The number of carbonyl (C=O) groups excluding carboxylic acids is 1. The smallest absolute Gasteiger partial charge is 0.221 e. The van der Waals surface area contributed by atoms with Crippen molar-refractivity contribution in [2.24, 2.45) is 4.99 Å². The van der Waals surface area contributed by atoms with E-state index in [2.05, 4.69) is 22.5 Å². The Bertz CT molecular complexity index is 256. The molecule has 0 spiro atoms. The van der Waals surface area contributed by atoms with Gasteiger partial charge >= 0.3 is 0 Å². The van der Waals surface area contributed by atoms with Crippen molar-refractivity contribution in [2.75, 3.05) is 19.6 Å². The summed E-state index contributed by atoms with van der Waals surface area (Å²) in [5, 5.41) is 7.67. The highest BCUT2D eigenvalue weighted by atomic mass is 32.2. The summed E-state index contributed by atoms with van der Waals surface area (Å²) < 4.78 is 0. The van der Waals surface area contributed by atoms with Gasteiger partial charge in [-0.2, -0.15) is 0 Å². The van der Waals surface area contributed by atoms with E-state index in [0.717, 1.165) is 31.1 Å². The molecule has 1 heterocycles. The number of amidine groups is 1. The van der Waals surface area contributed by atoms with Crippen LogP contribution in [-0.2, 0) is 4.79 Å². The van der Waals surface area contributed by atoms with E-state index in [0.29, 0.717) is 18.2 Å². The summed E-state index contributed by atoms with van der Waals surface area (Å²) in [5.41, 5.74) is 0. The molecular formula is C11H21N3OS. The largest absolute Gasteiger partial charge is 0.364 e. The average molecular weight is 243 g/mol. The summed E-state index contributed by atoms with van der Waals surface area (Å²) in [6, 6.07) is 0. The molecule has 1 amide bonds. The molecule has 16 heavy (non-hydrogen) atoms. The van der Waals surface area contributed by atoms with Crippen LogP contribution in [0.2, 0.25) is 0 Å². The highest BCUT2D eigenvalue weighted by molar-refractivity contribution is 8.14. The van der Waals surface area contributed by atoms with Gasteiger partial charge in [-0.15, -0.1) is 0 Å². The van der Waals surface area contributed by atoms with E-state index >= 15 is 0 Å². The van der Waals surface area contributed by atoms with E-state index in [-0.39, 0.29) is 5.91 Å². The molecule has 0 saturated heterocycles. The number of rotatable bonds is 6. The first-order chi connectivity index (χ1) is 7.76. The number of carbonyl (C=O) groups is 1. The maximum atomic E-state index is 11.3. The number of nitrogens with zero attached hydrogens (tertiary/aromatic N) is 1. The van der Waals surface area contributed by atoms with Crippen LogP contribution in [0.3, 0.4) is 0 Å². The zero-order valence-corrected chi connectivity index (χ0v) is 10.9. The normalized spacial score (nSPS) is 19.4. The summed E-state index contributed by atoms with van der Waals surface area (Å²) >= 11 is 1.79. The van der Waals surface area contributed by atoms with Gasteiger partial charge in [0.25, 0.3) is 0 Å². The fourth-order valence-electron chi connectivity index (χ4n) is 1.36. The number of thioether (sulfide) groups is 1. The second-order valence-corrected chi connectivity index (χ2v) is 5.11. The molecule has 1 aliphatic rings. The minimum Gasteiger partial charge on any atom is -0.364 e. The summed E-state index contributed by atoms with van der Waals surface area (Å²) in [7, 11) is 0. The number of amides is 1. The van der Waals surface area contributed by atoms with Crippen LogP contribution >= 0.6 is 11.8 Å². The van der Waals surface area contributed by atoms with Crippen LogP contribution in [0, 0.1) is 0 Å². The van der Waals surface area contributed by atoms with Crippen molar-refractivity contribution < 1.29 is 4.79 Å². The fraction of sp³-hybridized carbons (Fsp3) is 0.818. The van der Waals surface area contributed by atoms with Gasteiger partial charge in [0.1, 0.15) is 0 Å². The molecule has 0 bridgehead atoms. The summed E-state index contributed by atoms with van der Waals surface area (Å²) in [4.78, 5) is 15.7. The Morgan fingerprint density at radius 1 is 1.50 bits per heavy atom. The summed E-state index contributed by atoms with van der Waals surface area (Å²) in [6.45, 7) is 6.58. The minimum atomic E-state index is 0.116. The van der Waals surface area contributed by atoms with Crippen LogP contribution in [0.25, 0.3) is 0 Å². The van der Waals surface area contributed by atoms with Crippen molar-refractivity contribution in [3.63, 3.8) is 0 Å². The quantitative estimate of drug-likeness (QED) is 0.741. The van der Waals surface area contributed by atoms with Crippen LogP contribution in [0.4, 0.5) is 0 Å². The van der Waals surface area contributed by atoms with E-state index in [1.165, 1.54) is 0 Å². The van der Waals surface area contributed by atoms with E-state index in [9.17, 15) is 4.79 Å². The molecule has 0 aromatic rings. The van der Waals surface area contributed by atoms with Gasteiger partial charge in [0.05, 0.1) is 6.54 Å². The molecule has 1 atom stereocenters. The van der Waals surface area contributed by atoms with Gasteiger partial charge in [0.2, 0.25) is 5.91 Å². The Balaban J connectivity index is 2.05. The van der Waals surface area contributed by atoms with Crippen LogP contribution < -0.4 is 10.6 Å². The minimum absolute atomic E-state index is 0.116. The third kappa shape index (κ3) is 4.88. The maximum absolute atomic E-state index is 11.3. The van der Waals surface area contributed by atoms with Gasteiger partial charge in [-0.3, -0.25) is 9.79 Å². The van der Waals surface area contributed by atoms with E-state index in [4.69, 9.17) is 0 Å². The molecule has 0 saturated carbocycles. The van der Waals surface area contributed by atoms with Gasteiger partial charge in [-0.05, 0) is 12.8 Å². The zero-order valence-electron chi connectivity index (χ0n) is 10.1. The first-order valence-corrected chi connectivity index (χ1v) is 6.85. The molecule has 0 radical (unpaired) electrons. The van der Waals surface area contributed by atoms with Crippen LogP contribution in [-0.4, -0.2) is 36.0 Å². The standard InChI is InChI=1S/C11H21N3OS/c1-3-6-12-10(15)5-7-13-11-14-8-9(4-2)16-11/h9H,3-8H2,1-2H3,(H,12,15)(H,13,14). The lowest BCUT2D eigenvalue weighted by Gasteiger charge is -2.07. The molecule has 1 unspecified atom stereocenters. The van der Waals surface area contributed by atoms with Gasteiger partial charge in [0, 0.05) is 24.8 Å². The highest BCUT2D eigenvalue weighted by Gasteiger charge is 2.17. The van der Waals surface area contributed by atoms with Gasteiger partial charge in [-0.25, -0.2) is 0 Å². The van der Waals surface area contributed by atoms with Gasteiger partial charge in [-0.1, -0.05) is 25.6 Å². The van der Waals surface area contributed by atoms with Crippen molar-refractivity contribution >= 4 is 22.8 Å². The number of nitrogens with one attached hydrogen (secondary N) is 2. The summed E-state index contributed by atoms with van der Waals surface area (Å²) in [6.07, 6.45) is 2.66. The number of hydrogen-bond donors (Lipinski definition) is 2. The molecule has 0 aromatic carbocycles. The van der Waals surface area contributed by atoms with Crippen molar-refractivity contribution in [3.05, 3.63) is 0 Å². The predicted octanol–water partition coefficient (Wildman–Crippen LogP) is 1.37. The molecule has 4 nitrogen and oxygen atoms in total. The van der Waals surface area contributed by atoms with Crippen molar-refractivity contribution in [3.8, 4) is 0 Å². The second kappa shape index (κ2) is 7.54. The molecule has 0 aromatic heterocycles. The van der Waals surface area contributed by atoms with E-state index in [1.807, 2.05) is 6.92 Å². The Hall–Kier alpha value is -0.710. The maximum Gasteiger partial charge on any atom is 0.221 e. The molecule has 5 heteroatoms. The van der Waals surface area contributed by atoms with E-state index in [1.54, 1.807) is 11.8 Å². The Labute approximate surface area is 102 Å². The molecule has 92 valence electrons. The molecule has 1 rings (SSSR count). The molecule has 1 aliphatic heterocycles. The summed E-state index contributed by atoms with van der Waals surface area (Å²) in [5.74, 6) is 0.116. The lowest BCUT2D eigenvalue weighted by molar-refractivity contribution is -0.120. The van der Waals surface area contributed by atoms with E-state index < -0.39 is 0 Å². The lowest BCUT2D eigenvalue weighted by atomic mass is 10.3. The first-order valence-electron chi connectivity index (χ1n) is 5.98. The van der Waals surface area contributed by atoms with Crippen LogP contribution in [0.15, 0.2) is 4.99 Å². The Morgan fingerprint density at radius 2 is 2.31 bits per heavy atom. The van der Waals surface area contributed by atoms with Crippen molar-refractivity contribution in [1.82, 2.24) is 10.6 Å². The topological polar surface area (TPSA) is 53.5 Å². The third-order valence-corrected chi connectivity index (χ3v) is 3.69. The number of hydrogen-bond acceptors (Lipinski definition) is 4. The molecule has 0 aliphatic carbocycles. The highest BCUT2D eigenvalue weighted by Crippen LogP contribution is 2.21. The Morgan fingerprint density at radius 3 is 2.94 bits per heavy atom. The van der Waals surface area contributed by atoms with Gasteiger partial charge in [0.15, 0.2) is 5.17 Å². The molecule has 2 N–H and O–H groups in total. The predicted molar refractivity (Wildman–Crippen MR) is 69.9 cm³/mol. The average Bonchev–Trinajstić information content (AvgIpc) is 2.74. The first kappa shape index (κ1) is 13.4. The number of aliphatic imine (C=N–C) groups is 1. The van der Waals surface area contributed by atoms with Crippen molar-refractivity contribution in [1.29, 1.82) is 0 Å². The SMILES string of the molecule is CCCNC(=O)CCNC1=NCC(CC)S1. The zero-order chi connectivity index (χ0) is 11.8. The molecular weight excluding hydrogens is 222 g/mol. The Kier molecular flexibility index (Phi) is 6.30. The fourth-order valence-corrected chi connectivity index (χ4v) is 2.33. The monoisotopic (exact) mass is 243 g/mol. The lowest BCUT2D eigenvalue weighted by Crippen LogP contribution is -2.29. The van der Waals surface area contributed by atoms with Gasteiger partial charge < -0.3 is 10.6 Å².